The van der Waals surface area contributed by atoms with Crippen LogP contribution in [0.25, 0.3) is 5.69 Å². The fourth-order valence-corrected chi connectivity index (χ4v) is 1.73. The van der Waals surface area contributed by atoms with E-state index in [9.17, 15) is 0 Å². The third-order valence-corrected chi connectivity index (χ3v) is 2.83. The van der Waals surface area contributed by atoms with E-state index in [1.54, 1.807) is 11.0 Å². The van der Waals surface area contributed by atoms with Crippen molar-refractivity contribution in [1.82, 2.24) is 20.2 Å². The largest absolute Gasteiger partial charge is 0.377 e. The normalized spacial score (nSPS) is 15.6. The van der Waals surface area contributed by atoms with Gasteiger partial charge in [-0.3, -0.25) is 0 Å². The number of benzene rings is 1. The Balaban J connectivity index is 1.89. The first kappa shape index (κ1) is 10.2. The van der Waals surface area contributed by atoms with E-state index in [2.05, 4.69) is 33.8 Å². The van der Waals surface area contributed by atoms with Crippen LogP contribution in [0.15, 0.2) is 24.5 Å². The average molecular weight is 231 g/mol. The van der Waals surface area contributed by atoms with Crippen molar-refractivity contribution in [3.8, 4) is 5.69 Å². The molecule has 0 aliphatic carbocycles. The van der Waals surface area contributed by atoms with E-state index in [4.69, 9.17) is 4.74 Å². The Morgan fingerprint density at radius 2 is 2.29 bits per heavy atom. The number of hydrogen-bond acceptors (Lipinski definition) is 5. The predicted octanol–water partition coefficient (Wildman–Crippen LogP) is 0.781. The van der Waals surface area contributed by atoms with Crippen molar-refractivity contribution in [2.75, 3.05) is 18.5 Å². The first-order valence-corrected chi connectivity index (χ1v) is 5.51. The number of hydrogen-bond donors (Lipinski definition) is 1. The molecular formula is C11H13N5O. The van der Waals surface area contributed by atoms with Gasteiger partial charge in [-0.2, -0.15) is 0 Å². The van der Waals surface area contributed by atoms with Gasteiger partial charge in [0.25, 0.3) is 0 Å². The van der Waals surface area contributed by atoms with E-state index in [1.165, 1.54) is 5.56 Å². The summed E-state index contributed by atoms with van der Waals surface area (Å²) in [6, 6.07) is 6.51. The number of nitrogens with one attached hydrogen (secondary N) is 1. The van der Waals surface area contributed by atoms with Crippen molar-refractivity contribution in [3.63, 3.8) is 0 Å². The van der Waals surface area contributed by atoms with Crippen LogP contribution in [0.2, 0.25) is 0 Å². The molecule has 0 saturated carbocycles. The first-order chi connectivity index (χ1) is 8.33. The molecule has 1 aromatic carbocycles. The van der Waals surface area contributed by atoms with Gasteiger partial charge in [-0.25, -0.2) is 4.68 Å². The lowest BCUT2D eigenvalue weighted by molar-refractivity contribution is 0.0211. The second-order valence-electron chi connectivity index (χ2n) is 4.13. The maximum Gasteiger partial charge on any atom is 0.143 e. The molecule has 1 saturated heterocycles. The number of tetrazole rings is 1. The van der Waals surface area contributed by atoms with Gasteiger partial charge in [-0.1, -0.05) is 6.07 Å². The summed E-state index contributed by atoms with van der Waals surface area (Å²) >= 11 is 0. The van der Waals surface area contributed by atoms with Crippen molar-refractivity contribution in [2.24, 2.45) is 0 Å². The molecular weight excluding hydrogens is 218 g/mol. The third kappa shape index (κ3) is 1.99. The third-order valence-electron chi connectivity index (χ3n) is 2.83. The van der Waals surface area contributed by atoms with Crippen LogP contribution in [0, 0.1) is 6.92 Å². The number of rotatable bonds is 3. The van der Waals surface area contributed by atoms with Crippen LogP contribution in [-0.2, 0) is 4.74 Å². The smallest absolute Gasteiger partial charge is 0.143 e. The Morgan fingerprint density at radius 1 is 1.41 bits per heavy atom. The molecule has 1 fully saturated rings. The van der Waals surface area contributed by atoms with Crippen LogP contribution in [0.5, 0.6) is 0 Å². The van der Waals surface area contributed by atoms with Crippen molar-refractivity contribution in [2.45, 2.75) is 13.0 Å². The Labute approximate surface area is 98.6 Å². The number of aryl methyl sites for hydroxylation is 1. The van der Waals surface area contributed by atoms with E-state index < -0.39 is 0 Å². The Kier molecular flexibility index (Phi) is 2.49. The van der Waals surface area contributed by atoms with Gasteiger partial charge in [-0.05, 0) is 35.0 Å². The molecule has 0 unspecified atom stereocenters. The number of aromatic nitrogens is 4. The zero-order chi connectivity index (χ0) is 11.7. The summed E-state index contributed by atoms with van der Waals surface area (Å²) in [5.74, 6) is 0. The lowest BCUT2D eigenvalue weighted by Gasteiger charge is -2.28. The fourth-order valence-electron chi connectivity index (χ4n) is 1.73. The van der Waals surface area contributed by atoms with Gasteiger partial charge in [0, 0.05) is 5.69 Å². The summed E-state index contributed by atoms with van der Waals surface area (Å²) in [5, 5.41) is 14.6. The summed E-state index contributed by atoms with van der Waals surface area (Å²) < 4.78 is 6.79. The zero-order valence-corrected chi connectivity index (χ0v) is 9.50. The van der Waals surface area contributed by atoms with Gasteiger partial charge in [0.2, 0.25) is 0 Å². The molecule has 1 N–H and O–H groups in total. The predicted molar refractivity (Wildman–Crippen MR) is 62.1 cm³/mol. The molecule has 0 spiro atoms. The molecule has 2 heterocycles. The monoisotopic (exact) mass is 231 g/mol. The average Bonchev–Trinajstić information content (AvgIpc) is 2.79. The number of ether oxygens (including phenoxy) is 1. The molecule has 0 atom stereocenters. The summed E-state index contributed by atoms with van der Waals surface area (Å²) in [6.07, 6.45) is 1.58. The standard InChI is InChI=1S/C11H13N5O/c1-8-2-3-10(16-7-12-14-15-16)4-11(8)13-9-5-17-6-9/h2-4,7,9,13H,5-6H2,1H3. The summed E-state index contributed by atoms with van der Waals surface area (Å²) in [4.78, 5) is 0. The van der Waals surface area contributed by atoms with Crippen LogP contribution >= 0.6 is 0 Å². The van der Waals surface area contributed by atoms with E-state index in [1.807, 2.05) is 12.1 Å². The van der Waals surface area contributed by atoms with E-state index in [-0.39, 0.29) is 0 Å². The van der Waals surface area contributed by atoms with E-state index >= 15 is 0 Å². The van der Waals surface area contributed by atoms with Gasteiger partial charge in [0.05, 0.1) is 24.9 Å². The summed E-state index contributed by atoms with van der Waals surface area (Å²) in [6.45, 7) is 3.62. The van der Waals surface area contributed by atoms with Gasteiger partial charge in [-0.15, -0.1) is 5.10 Å². The fraction of sp³-hybridized carbons (Fsp3) is 0.364. The minimum atomic E-state index is 0.415. The van der Waals surface area contributed by atoms with Gasteiger partial charge in [0.15, 0.2) is 0 Å². The van der Waals surface area contributed by atoms with Crippen molar-refractivity contribution in [3.05, 3.63) is 30.1 Å². The highest BCUT2D eigenvalue weighted by molar-refractivity contribution is 5.57. The van der Waals surface area contributed by atoms with Crippen LogP contribution in [-0.4, -0.2) is 39.5 Å². The van der Waals surface area contributed by atoms with Crippen LogP contribution in [0.1, 0.15) is 5.56 Å². The Morgan fingerprint density at radius 3 is 2.94 bits per heavy atom. The summed E-state index contributed by atoms with van der Waals surface area (Å²) in [5.41, 5.74) is 3.25. The highest BCUT2D eigenvalue weighted by Crippen LogP contribution is 2.21. The molecule has 17 heavy (non-hydrogen) atoms. The van der Waals surface area contributed by atoms with E-state index in [0.717, 1.165) is 24.6 Å². The molecule has 0 amide bonds. The molecule has 6 nitrogen and oxygen atoms in total. The van der Waals surface area contributed by atoms with Gasteiger partial charge >= 0.3 is 0 Å². The Hall–Kier alpha value is -1.95. The Bertz CT molecular complexity index is 507. The molecule has 1 aromatic heterocycles. The molecule has 1 aliphatic rings. The van der Waals surface area contributed by atoms with Crippen molar-refractivity contribution < 1.29 is 4.74 Å². The first-order valence-electron chi connectivity index (χ1n) is 5.51. The minimum Gasteiger partial charge on any atom is -0.377 e. The molecule has 3 rings (SSSR count). The molecule has 1 aliphatic heterocycles. The highest BCUT2D eigenvalue weighted by atomic mass is 16.5. The van der Waals surface area contributed by atoms with Crippen LogP contribution in [0.4, 0.5) is 5.69 Å². The SMILES string of the molecule is Cc1ccc(-n2cnnn2)cc1NC1COC1. The zero-order valence-electron chi connectivity index (χ0n) is 9.50. The minimum absolute atomic E-state index is 0.415. The topological polar surface area (TPSA) is 64.9 Å². The van der Waals surface area contributed by atoms with Crippen LogP contribution in [0.3, 0.4) is 0 Å². The number of nitrogens with zero attached hydrogens (tertiary/aromatic N) is 4. The summed E-state index contributed by atoms with van der Waals surface area (Å²) in [7, 11) is 0. The van der Waals surface area contributed by atoms with Crippen molar-refractivity contribution >= 4 is 5.69 Å². The second-order valence-corrected chi connectivity index (χ2v) is 4.13. The molecule has 0 bridgehead atoms. The molecule has 88 valence electrons. The highest BCUT2D eigenvalue weighted by Gasteiger charge is 2.18. The van der Waals surface area contributed by atoms with Crippen molar-refractivity contribution in [1.29, 1.82) is 0 Å². The van der Waals surface area contributed by atoms with Crippen LogP contribution < -0.4 is 5.32 Å². The lowest BCUT2D eigenvalue weighted by Crippen LogP contribution is -2.40. The number of anilines is 1. The maximum atomic E-state index is 5.15. The molecule has 0 radical (unpaired) electrons. The van der Waals surface area contributed by atoms with Gasteiger partial charge in [0.1, 0.15) is 6.33 Å². The van der Waals surface area contributed by atoms with Gasteiger partial charge < -0.3 is 10.1 Å². The lowest BCUT2D eigenvalue weighted by atomic mass is 10.1. The second kappa shape index (κ2) is 4.14. The van der Waals surface area contributed by atoms with E-state index in [0.29, 0.717) is 6.04 Å². The maximum absolute atomic E-state index is 5.15. The molecule has 6 heteroatoms. The molecule has 2 aromatic rings. The quantitative estimate of drug-likeness (QED) is 0.845.